The van der Waals surface area contributed by atoms with Crippen molar-refractivity contribution in [3.05, 3.63) is 35.0 Å². The van der Waals surface area contributed by atoms with E-state index >= 15 is 0 Å². The van der Waals surface area contributed by atoms with Crippen molar-refractivity contribution in [3.8, 4) is 5.75 Å². The molecule has 1 aliphatic carbocycles. The maximum Gasteiger partial charge on any atom is 0.303 e. The number of ether oxygens (including phenoxy) is 1. The van der Waals surface area contributed by atoms with Gasteiger partial charge >= 0.3 is 5.97 Å². The second-order valence-electron chi connectivity index (χ2n) is 9.98. The highest BCUT2D eigenvalue weighted by atomic mass is 35.5. The van der Waals surface area contributed by atoms with Crippen LogP contribution in [-0.2, 0) is 4.79 Å². The molecule has 0 amide bonds. The van der Waals surface area contributed by atoms with Crippen LogP contribution in [0.5, 0.6) is 5.75 Å². The number of aliphatic hydroxyl groups excluding tert-OH is 1. The Bertz CT molecular complexity index is 968. The fraction of sp³-hybridized carbons (Fsp3) is 0.615. The summed E-state index contributed by atoms with van der Waals surface area (Å²) in [6.45, 7) is 3.03. The molecule has 2 fully saturated rings. The Labute approximate surface area is 200 Å². The molecule has 7 heteroatoms. The number of pyridine rings is 1. The van der Waals surface area contributed by atoms with Crippen molar-refractivity contribution >= 4 is 28.5 Å². The average Bonchev–Trinajstić information content (AvgIpc) is 3.31. The normalized spacial score (nSPS) is 20.2. The number of piperidine rings is 1. The van der Waals surface area contributed by atoms with Crippen LogP contribution >= 0.6 is 11.6 Å². The van der Waals surface area contributed by atoms with E-state index in [1.807, 2.05) is 18.2 Å². The number of benzene rings is 1. The molecule has 1 aromatic heterocycles. The lowest BCUT2D eigenvalue weighted by Crippen LogP contribution is -2.43. The van der Waals surface area contributed by atoms with Crippen LogP contribution in [0.15, 0.2) is 24.4 Å². The van der Waals surface area contributed by atoms with Crippen LogP contribution < -0.4 is 4.74 Å². The Morgan fingerprint density at radius 3 is 2.70 bits per heavy atom. The lowest BCUT2D eigenvalue weighted by molar-refractivity contribution is -0.141. The number of halogens is 1. The van der Waals surface area contributed by atoms with Crippen molar-refractivity contribution in [2.45, 2.75) is 63.9 Å². The predicted molar refractivity (Wildman–Crippen MR) is 130 cm³/mol. The van der Waals surface area contributed by atoms with Crippen LogP contribution in [0.2, 0.25) is 5.02 Å². The predicted octanol–water partition coefficient (Wildman–Crippen LogP) is 5.46. The molecule has 2 heterocycles. The summed E-state index contributed by atoms with van der Waals surface area (Å²) in [5.74, 6) is 0.723. The van der Waals surface area contributed by atoms with Crippen molar-refractivity contribution in [1.82, 2.24) is 9.88 Å². The molecule has 1 unspecified atom stereocenters. The van der Waals surface area contributed by atoms with Gasteiger partial charge in [0.2, 0.25) is 0 Å². The van der Waals surface area contributed by atoms with Gasteiger partial charge in [-0.25, -0.2) is 0 Å². The van der Waals surface area contributed by atoms with Gasteiger partial charge < -0.3 is 19.8 Å². The standard InChI is InChI=1S/C26H35ClN2O4/c1-33-19-6-7-22-20(14-19)25(21(27)16-28-22)23(30)8-9-26(15-24(31)32)10-12-29(13-11-26)17-18-4-2-3-5-18/h6-7,14,16,18,23,30H,2-5,8-13,15,17H2,1H3,(H,31,32). The number of nitrogens with zero attached hydrogens (tertiary/aromatic N) is 2. The highest BCUT2D eigenvalue weighted by Crippen LogP contribution is 2.43. The average molecular weight is 475 g/mol. The third-order valence-electron chi connectivity index (χ3n) is 7.78. The number of carbonyl (C=O) groups is 1. The molecular weight excluding hydrogens is 440 g/mol. The molecule has 33 heavy (non-hydrogen) atoms. The number of hydrogen-bond donors (Lipinski definition) is 2. The second-order valence-corrected chi connectivity index (χ2v) is 10.4. The first-order chi connectivity index (χ1) is 15.9. The summed E-state index contributed by atoms with van der Waals surface area (Å²) in [7, 11) is 1.60. The summed E-state index contributed by atoms with van der Waals surface area (Å²) >= 11 is 6.47. The third kappa shape index (κ3) is 5.79. The summed E-state index contributed by atoms with van der Waals surface area (Å²) in [5.41, 5.74) is 1.10. The van der Waals surface area contributed by atoms with Gasteiger partial charge in [0.1, 0.15) is 5.75 Å². The van der Waals surface area contributed by atoms with Crippen molar-refractivity contribution in [3.63, 3.8) is 0 Å². The van der Waals surface area contributed by atoms with Gasteiger partial charge in [-0.3, -0.25) is 9.78 Å². The number of rotatable bonds is 9. The molecule has 0 radical (unpaired) electrons. The molecule has 1 saturated carbocycles. The fourth-order valence-electron chi connectivity index (χ4n) is 5.82. The summed E-state index contributed by atoms with van der Waals surface area (Å²) < 4.78 is 5.35. The molecule has 0 bridgehead atoms. The summed E-state index contributed by atoms with van der Waals surface area (Å²) in [6, 6.07) is 5.54. The maximum absolute atomic E-state index is 11.7. The molecule has 1 aromatic carbocycles. The Hall–Kier alpha value is -1.89. The number of carboxylic acids is 1. The summed E-state index contributed by atoms with van der Waals surface area (Å²) in [5, 5.41) is 22.0. The monoisotopic (exact) mass is 474 g/mol. The van der Waals surface area contributed by atoms with E-state index in [9.17, 15) is 15.0 Å². The highest BCUT2D eigenvalue weighted by Gasteiger charge is 2.37. The number of likely N-dealkylation sites (tertiary alicyclic amines) is 1. The minimum Gasteiger partial charge on any atom is -0.497 e. The quantitative estimate of drug-likeness (QED) is 0.502. The molecule has 6 nitrogen and oxygen atoms in total. The largest absolute Gasteiger partial charge is 0.497 e. The molecule has 4 rings (SSSR count). The van der Waals surface area contributed by atoms with E-state index in [0.29, 0.717) is 29.2 Å². The number of carboxylic acid groups (broad SMARTS) is 1. The second kappa shape index (κ2) is 10.6. The molecule has 1 saturated heterocycles. The number of hydrogen-bond acceptors (Lipinski definition) is 5. The van der Waals surface area contributed by atoms with Gasteiger partial charge in [0.05, 0.1) is 30.2 Å². The molecule has 0 spiro atoms. The van der Waals surface area contributed by atoms with E-state index in [1.54, 1.807) is 13.3 Å². The molecule has 1 aliphatic heterocycles. The van der Waals surface area contributed by atoms with Crippen LogP contribution in [0.1, 0.15) is 69.5 Å². The minimum absolute atomic E-state index is 0.148. The molecule has 180 valence electrons. The SMILES string of the molecule is COc1ccc2ncc(Cl)c(C(O)CCC3(CC(=O)O)CCN(CC4CCCC4)CC3)c2c1. The maximum atomic E-state index is 11.7. The topological polar surface area (TPSA) is 82.9 Å². The number of aromatic nitrogens is 1. The van der Waals surface area contributed by atoms with E-state index in [0.717, 1.165) is 49.3 Å². The number of aliphatic carboxylic acids is 1. The number of aliphatic hydroxyl groups is 1. The van der Waals surface area contributed by atoms with E-state index in [-0.39, 0.29) is 11.8 Å². The lowest BCUT2D eigenvalue weighted by atomic mass is 9.71. The van der Waals surface area contributed by atoms with Crippen LogP contribution in [0.25, 0.3) is 10.9 Å². The third-order valence-corrected chi connectivity index (χ3v) is 8.08. The van der Waals surface area contributed by atoms with E-state index in [2.05, 4.69) is 9.88 Å². The van der Waals surface area contributed by atoms with Crippen molar-refractivity contribution in [2.75, 3.05) is 26.7 Å². The zero-order valence-electron chi connectivity index (χ0n) is 19.4. The van der Waals surface area contributed by atoms with Gasteiger partial charge in [-0.1, -0.05) is 24.4 Å². The number of methoxy groups -OCH3 is 1. The Morgan fingerprint density at radius 1 is 1.30 bits per heavy atom. The van der Waals surface area contributed by atoms with Gasteiger partial charge in [0, 0.05) is 23.7 Å². The fourth-order valence-corrected chi connectivity index (χ4v) is 6.10. The smallest absolute Gasteiger partial charge is 0.303 e. The van der Waals surface area contributed by atoms with E-state index < -0.39 is 12.1 Å². The first-order valence-electron chi connectivity index (χ1n) is 12.1. The lowest BCUT2D eigenvalue weighted by Gasteiger charge is -2.42. The van der Waals surface area contributed by atoms with Crippen molar-refractivity contribution < 1.29 is 19.7 Å². The summed E-state index contributed by atoms with van der Waals surface area (Å²) in [6.07, 6.45) is 9.11. The Kier molecular flexibility index (Phi) is 7.77. The first-order valence-corrected chi connectivity index (χ1v) is 12.5. The number of fused-ring (bicyclic) bond motifs is 1. The van der Waals surface area contributed by atoms with E-state index in [1.165, 1.54) is 25.7 Å². The van der Waals surface area contributed by atoms with Crippen LogP contribution in [-0.4, -0.2) is 52.8 Å². The zero-order chi connectivity index (χ0) is 23.4. The Morgan fingerprint density at radius 2 is 2.03 bits per heavy atom. The molecule has 2 aromatic rings. The van der Waals surface area contributed by atoms with Gasteiger partial charge in [0.15, 0.2) is 0 Å². The van der Waals surface area contributed by atoms with Gasteiger partial charge in [-0.05, 0) is 81.1 Å². The van der Waals surface area contributed by atoms with Gasteiger partial charge in [0.25, 0.3) is 0 Å². The van der Waals surface area contributed by atoms with Crippen molar-refractivity contribution in [1.29, 1.82) is 0 Å². The molecule has 2 aliphatic rings. The Balaban J connectivity index is 1.46. The highest BCUT2D eigenvalue weighted by molar-refractivity contribution is 6.32. The van der Waals surface area contributed by atoms with Gasteiger partial charge in [-0.2, -0.15) is 0 Å². The molecule has 2 N–H and O–H groups in total. The van der Waals surface area contributed by atoms with Crippen LogP contribution in [0.4, 0.5) is 0 Å². The first kappa shape index (κ1) is 24.2. The zero-order valence-corrected chi connectivity index (χ0v) is 20.2. The molecular formula is C26H35ClN2O4. The van der Waals surface area contributed by atoms with Crippen molar-refractivity contribution in [2.24, 2.45) is 11.3 Å². The minimum atomic E-state index is -0.794. The molecule has 1 atom stereocenters. The van der Waals surface area contributed by atoms with Crippen LogP contribution in [0, 0.1) is 11.3 Å². The summed E-state index contributed by atoms with van der Waals surface area (Å²) in [4.78, 5) is 18.6. The van der Waals surface area contributed by atoms with E-state index in [4.69, 9.17) is 16.3 Å². The van der Waals surface area contributed by atoms with Gasteiger partial charge in [-0.15, -0.1) is 0 Å². The van der Waals surface area contributed by atoms with Crippen LogP contribution in [0.3, 0.4) is 0 Å².